The lowest BCUT2D eigenvalue weighted by atomic mass is 9.44. The molecule has 1 heterocycles. The second-order valence-electron chi connectivity index (χ2n) is 20.6. The van der Waals surface area contributed by atoms with E-state index in [9.17, 15) is 14.7 Å². The van der Waals surface area contributed by atoms with Crippen LogP contribution in [-0.2, 0) is 37.1 Å². The molecular weight excluding hydrogens is 869 g/mol. The summed E-state index contributed by atoms with van der Waals surface area (Å²) in [5, 5.41) is 14.5. The number of rotatable bonds is 23. The second-order valence-corrected chi connectivity index (χ2v) is 34.8. The molecule has 3 fully saturated rings. The molecule has 5 rings (SSSR count). The number of hydrogen-bond acceptors (Lipinski definition) is 10. The first-order chi connectivity index (χ1) is 30.8. The van der Waals surface area contributed by atoms with Crippen LogP contribution in [0, 0.1) is 16.7 Å². The van der Waals surface area contributed by atoms with E-state index in [0.29, 0.717) is 24.0 Å². The summed E-state index contributed by atoms with van der Waals surface area (Å²) < 4.78 is 43.1. The van der Waals surface area contributed by atoms with Gasteiger partial charge in [0, 0.05) is 24.7 Å². The number of ketones is 1. The predicted octanol–water partition coefficient (Wildman–Crippen LogP) is 11.9. The molecule has 0 aromatic heterocycles. The van der Waals surface area contributed by atoms with E-state index in [2.05, 4.69) is 75.8 Å². The van der Waals surface area contributed by atoms with Crippen LogP contribution in [0.2, 0.25) is 54.4 Å². The van der Waals surface area contributed by atoms with Crippen LogP contribution >= 0.6 is 0 Å². The number of unbranched alkanes of at least 4 members (excludes halogenated alkanes) is 2. The Labute approximate surface area is 395 Å². The Hall–Kier alpha value is -2.24. The van der Waals surface area contributed by atoms with Crippen LogP contribution in [0.25, 0.3) is 0 Å². The van der Waals surface area contributed by atoms with Gasteiger partial charge in [-0.1, -0.05) is 100 Å². The molecular formula is C52H86O10Si3. The molecule has 4 aliphatic rings. The highest BCUT2D eigenvalue weighted by Crippen LogP contribution is 2.66. The van der Waals surface area contributed by atoms with Crippen molar-refractivity contribution in [3.8, 4) is 0 Å². The zero-order valence-corrected chi connectivity index (χ0v) is 45.6. The average Bonchev–Trinajstić information content (AvgIpc) is 3.31. The molecule has 0 radical (unpaired) electrons. The van der Waals surface area contributed by atoms with E-state index in [-0.39, 0.29) is 25.2 Å². The molecule has 65 heavy (non-hydrogen) atoms. The highest BCUT2D eigenvalue weighted by Gasteiger charge is 2.79. The molecule has 9 atom stereocenters. The Kier molecular flexibility index (Phi) is 17.5. The Morgan fingerprint density at radius 3 is 1.86 bits per heavy atom. The van der Waals surface area contributed by atoms with Gasteiger partial charge >= 0.3 is 11.9 Å². The molecule has 0 unspecified atom stereocenters. The van der Waals surface area contributed by atoms with Crippen molar-refractivity contribution in [2.24, 2.45) is 16.7 Å². The summed E-state index contributed by atoms with van der Waals surface area (Å²) in [6, 6.07) is 16.4. The van der Waals surface area contributed by atoms with Gasteiger partial charge in [-0.2, -0.15) is 0 Å². The molecule has 0 spiro atoms. The first-order valence-electron chi connectivity index (χ1n) is 25.5. The zero-order chi connectivity index (χ0) is 48.2. The number of carbonyl (C=O) groups excluding carboxylic acids is 3. The van der Waals surface area contributed by atoms with E-state index in [4.69, 9.17) is 27.5 Å². The predicted molar refractivity (Wildman–Crippen MR) is 266 cm³/mol. The maximum Gasteiger partial charge on any atom is 0.338 e. The molecule has 13 heteroatoms. The smallest absolute Gasteiger partial charge is 0.338 e. The Balaban J connectivity index is 1.94. The molecule has 366 valence electrons. The van der Waals surface area contributed by atoms with Gasteiger partial charge in [0.15, 0.2) is 36.3 Å². The lowest BCUT2D eigenvalue weighted by Gasteiger charge is -2.69. The van der Waals surface area contributed by atoms with Gasteiger partial charge in [-0.3, -0.25) is 9.59 Å². The molecule has 1 saturated heterocycles. The number of esters is 2. The van der Waals surface area contributed by atoms with Crippen molar-refractivity contribution in [3.63, 3.8) is 0 Å². The maximum absolute atomic E-state index is 17.0. The van der Waals surface area contributed by atoms with Crippen LogP contribution in [0.4, 0.5) is 0 Å². The monoisotopic (exact) mass is 955 g/mol. The fraction of sp³-hybridized carbons (Fsp3) is 0.750. The third-order valence-corrected chi connectivity index (χ3v) is 31.7. The van der Waals surface area contributed by atoms with E-state index < -0.39 is 95.4 Å². The minimum absolute atomic E-state index is 0.0214. The van der Waals surface area contributed by atoms with Crippen molar-refractivity contribution < 1.29 is 47.0 Å². The van der Waals surface area contributed by atoms with E-state index >= 15 is 4.79 Å². The molecule has 2 bridgehead atoms. The molecule has 1 aromatic rings. The van der Waals surface area contributed by atoms with Crippen molar-refractivity contribution in [1.82, 2.24) is 0 Å². The number of ether oxygens (including phenoxy) is 3. The fourth-order valence-corrected chi connectivity index (χ4v) is 20.9. The Bertz CT molecular complexity index is 1830. The van der Waals surface area contributed by atoms with Gasteiger partial charge in [-0.25, -0.2) is 4.79 Å². The van der Waals surface area contributed by atoms with Gasteiger partial charge in [0.2, 0.25) is 0 Å². The molecule has 0 amide bonds. The number of carbonyl (C=O) groups is 3. The summed E-state index contributed by atoms with van der Waals surface area (Å²) in [5.41, 5.74) is -4.08. The van der Waals surface area contributed by atoms with Crippen LogP contribution in [0.15, 0.2) is 54.1 Å². The number of fused-ring (bicyclic) bond motifs is 5. The third-order valence-electron chi connectivity index (χ3n) is 17.8. The molecule has 1 aromatic carbocycles. The maximum atomic E-state index is 17.0. The quantitative estimate of drug-likeness (QED) is 0.0490. The number of aliphatic hydroxyl groups is 1. The summed E-state index contributed by atoms with van der Waals surface area (Å²) in [5.74, 6) is -2.31. The van der Waals surface area contributed by atoms with Crippen LogP contribution in [0.1, 0.15) is 139 Å². The Morgan fingerprint density at radius 2 is 1.35 bits per heavy atom. The van der Waals surface area contributed by atoms with Crippen molar-refractivity contribution in [3.05, 3.63) is 59.7 Å². The summed E-state index contributed by atoms with van der Waals surface area (Å²) in [6.07, 6.45) is 0.0938. The summed E-state index contributed by atoms with van der Waals surface area (Å²) in [7, 11) is -7.45. The van der Waals surface area contributed by atoms with Crippen LogP contribution in [0.5, 0.6) is 0 Å². The number of benzene rings is 1. The molecule has 1 N–H and O–H groups in total. The highest BCUT2D eigenvalue weighted by atomic mass is 28.4. The van der Waals surface area contributed by atoms with Gasteiger partial charge in [0.1, 0.15) is 23.9 Å². The first kappa shape index (κ1) is 53.7. The Morgan fingerprint density at radius 1 is 0.815 bits per heavy atom. The van der Waals surface area contributed by atoms with E-state index in [0.717, 1.165) is 72.8 Å². The lowest BCUT2D eigenvalue weighted by Crippen LogP contribution is -2.82. The van der Waals surface area contributed by atoms with Gasteiger partial charge in [-0.15, -0.1) is 6.58 Å². The fourth-order valence-electron chi connectivity index (χ4n) is 12.4. The van der Waals surface area contributed by atoms with Gasteiger partial charge in [0.25, 0.3) is 0 Å². The van der Waals surface area contributed by atoms with Crippen molar-refractivity contribution in [2.75, 3.05) is 6.61 Å². The SMILES string of the molecule is C=CCCCCC(=O)O[C@@]12CO[C@@H]1C[C@H](O[Si](CC)(CC)CC)[C@@]1(C)C(=O)[C@H](O[Si](CC)(CC)CC)C3=C(C)[C@@H](O[Si](CC)(CC)CC)C[C@@](O)([C@@H](OC(=O)c4ccccc4)[C@H]21)C3(C)C. The third kappa shape index (κ3) is 9.45. The molecule has 3 aliphatic carbocycles. The van der Waals surface area contributed by atoms with Crippen LogP contribution in [-0.4, -0.2) is 96.1 Å². The minimum Gasteiger partial charge on any atom is -0.455 e. The zero-order valence-electron chi connectivity index (χ0n) is 42.6. The van der Waals surface area contributed by atoms with Crippen LogP contribution in [0.3, 0.4) is 0 Å². The first-order valence-corrected chi connectivity index (χ1v) is 33.1. The molecule has 1 aliphatic heterocycles. The topological polar surface area (TPSA) is 127 Å². The second kappa shape index (κ2) is 21.2. The lowest BCUT2D eigenvalue weighted by molar-refractivity contribution is -0.345. The number of hydrogen-bond donors (Lipinski definition) is 1. The standard InChI is InChI=1S/C52H86O10Si3/c1-15-25-26-30-33-42(53)59-51-36-57-41(51)34-40(61-64(19-5,20-6)21-7)50(14)45(51)47(58-48(55)38-31-28-27-29-32-38)52(56)35-39(60-63(16-2,17-3)18-4)37(11)43(49(52,12)13)44(46(50)54)62-65(22-8,23-9)24-10/h15,27-29,31-32,39-41,44-45,47,56H,1,16-26,30,33-36H2,2-14H3/t39-,40-,41+,44+,45-,47-,50+,51-,52+/m0/s1. The largest absolute Gasteiger partial charge is 0.455 e. The van der Waals surface area contributed by atoms with E-state index in [1.54, 1.807) is 24.3 Å². The number of Topliss-reactive ketones (excluding diaryl/α,β-unsaturated/α-hetero) is 1. The molecule has 2 saturated carbocycles. The van der Waals surface area contributed by atoms with Gasteiger partial charge < -0.3 is 32.6 Å². The van der Waals surface area contributed by atoms with Crippen molar-refractivity contribution in [1.29, 1.82) is 0 Å². The van der Waals surface area contributed by atoms with Crippen LogP contribution < -0.4 is 0 Å². The average molecular weight is 956 g/mol. The summed E-state index contributed by atoms with van der Waals surface area (Å²) in [4.78, 5) is 46.3. The van der Waals surface area contributed by atoms with Crippen molar-refractivity contribution >= 4 is 42.7 Å². The van der Waals surface area contributed by atoms with Gasteiger partial charge in [0.05, 0.1) is 35.7 Å². The van der Waals surface area contributed by atoms with E-state index in [1.165, 1.54) is 0 Å². The van der Waals surface area contributed by atoms with E-state index in [1.807, 2.05) is 32.9 Å². The normalized spacial score (nSPS) is 31.2. The highest BCUT2D eigenvalue weighted by molar-refractivity contribution is 6.74. The van der Waals surface area contributed by atoms with Gasteiger partial charge in [-0.05, 0) is 111 Å². The minimum atomic E-state index is -2.60. The molecule has 10 nitrogen and oxygen atoms in total. The van der Waals surface area contributed by atoms with Crippen molar-refractivity contribution in [2.45, 2.75) is 225 Å². The summed E-state index contributed by atoms with van der Waals surface area (Å²) in [6.45, 7) is 31.5. The summed E-state index contributed by atoms with van der Waals surface area (Å²) >= 11 is 0. The number of allylic oxidation sites excluding steroid dienone is 1.